The van der Waals surface area contributed by atoms with E-state index >= 15 is 0 Å². The van der Waals surface area contributed by atoms with Crippen molar-refractivity contribution in [1.82, 2.24) is 9.97 Å². The summed E-state index contributed by atoms with van der Waals surface area (Å²) < 4.78 is 34.4. The number of ether oxygens (including phenoxy) is 2. The topological polar surface area (TPSA) is 96.4 Å². The fourth-order valence-electron chi connectivity index (χ4n) is 1.99. The number of aromatic nitrogens is 2. The molecule has 0 amide bonds. The molecule has 0 spiro atoms. The predicted octanol–water partition coefficient (Wildman–Crippen LogP) is 2.64. The van der Waals surface area contributed by atoms with Crippen LogP contribution in [0.25, 0.3) is 11.0 Å². The molecule has 1 N–H and O–H groups in total. The lowest BCUT2D eigenvalue weighted by Crippen LogP contribution is -2.01. The zero-order valence-electron chi connectivity index (χ0n) is 12.1. The number of nitrogens with zero attached hydrogens (tertiary/aromatic N) is 2. The van der Waals surface area contributed by atoms with Crippen LogP contribution < -0.4 is 14.2 Å². The highest BCUT2D eigenvalue weighted by atomic mass is 32.2. The number of pyridine rings is 2. The van der Waals surface area contributed by atoms with E-state index in [0.29, 0.717) is 34.1 Å². The molecule has 7 nitrogen and oxygen atoms in total. The maximum Gasteiger partial charge on any atom is 0.213 e. The summed E-state index contributed by atoms with van der Waals surface area (Å²) in [4.78, 5) is 8.57. The molecule has 0 aliphatic rings. The Hall–Kier alpha value is -2.71. The Kier molecular flexibility index (Phi) is 4.35. The normalized spacial score (nSPS) is 11.9. The van der Waals surface area contributed by atoms with Crippen molar-refractivity contribution in [2.75, 3.05) is 11.8 Å². The van der Waals surface area contributed by atoms with Crippen molar-refractivity contribution in [1.29, 1.82) is 0 Å². The van der Waals surface area contributed by atoms with Crippen molar-refractivity contribution in [3.63, 3.8) is 0 Å². The van der Waals surface area contributed by atoms with Crippen molar-refractivity contribution < 1.29 is 18.2 Å². The van der Waals surface area contributed by atoms with Crippen LogP contribution in [0.1, 0.15) is 0 Å². The van der Waals surface area contributed by atoms with E-state index in [1.165, 1.54) is 7.11 Å². The molecular formula is C15H12N3O4S-. The molecular weight excluding hydrogens is 318 g/mol. The number of benzene rings is 1. The quantitative estimate of drug-likeness (QED) is 0.722. The summed E-state index contributed by atoms with van der Waals surface area (Å²) in [6, 6.07) is 11.7. The number of fused-ring (bicyclic) bond motifs is 1. The number of methoxy groups -OCH3 is 1. The van der Waals surface area contributed by atoms with Crippen LogP contribution in [0.2, 0.25) is 0 Å². The van der Waals surface area contributed by atoms with E-state index in [0.717, 1.165) is 0 Å². The molecule has 0 saturated heterocycles. The van der Waals surface area contributed by atoms with Crippen LogP contribution in [-0.4, -0.2) is 25.8 Å². The minimum Gasteiger partial charge on any atom is -0.755 e. The Morgan fingerprint density at radius 2 is 1.91 bits per heavy atom. The lowest BCUT2D eigenvalue weighted by molar-refractivity contribution is 0.399. The average Bonchev–Trinajstić information content (AvgIpc) is 2.56. The van der Waals surface area contributed by atoms with Crippen molar-refractivity contribution in [2.45, 2.75) is 0 Å². The van der Waals surface area contributed by atoms with Crippen LogP contribution in [0.5, 0.6) is 17.4 Å². The van der Waals surface area contributed by atoms with Crippen LogP contribution in [0.4, 0.5) is 5.69 Å². The van der Waals surface area contributed by atoms with E-state index in [1.54, 1.807) is 48.7 Å². The van der Waals surface area contributed by atoms with Crippen LogP contribution >= 0.6 is 0 Å². The fourth-order valence-corrected chi connectivity index (χ4v) is 2.32. The molecule has 8 heteroatoms. The molecule has 0 fully saturated rings. The van der Waals surface area contributed by atoms with Gasteiger partial charge in [-0.15, -0.1) is 0 Å². The van der Waals surface area contributed by atoms with Gasteiger partial charge in [0.05, 0.1) is 12.6 Å². The smallest absolute Gasteiger partial charge is 0.213 e. The third-order valence-corrected chi connectivity index (χ3v) is 3.42. The Balaban J connectivity index is 1.90. The van der Waals surface area contributed by atoms with Gasteiger partial charge in [-0.3, -0.25) is 9.19 Å². The minimum atomic E-state index is -2.36. The van der Waals surface area contributed by atoms with E-state index in [1.807, 2.05) is 0 Å². The summed E-state index contributed by atoms with van der Waals surface area (Å²) in [5.41, 5.74) is 1.71. The van der Waals surface area contributed by atoms with Crippen molar-refractivity contribution >= 4 is 28.0 Å². The Morgan fingerprint density at radius 3 is 2.61 bits per heavy atom. The Labute approximate surface area is 134 Å². The molecule has 0 bridgehead atoms. The largest absolute Gasteiger partial charge is 0.755 e. The molecule has 0 saturated carbocycles. The lowest BCUT2D eigenvalue weighted by Gasteiger charge is -2.11. The third kappa shape index (κ3) is 3.55. The SMILES string of the molecule is COc1ccc2nccc(Oc3ccc(NS(=O)[O-])cc3)c2n1. The molecule has 3 rings (SSSR count). The average molecular weight is 330 g/mol. The summed E-state index contributed by atoms with van der Waals surface area (Å²) in [6.07, 6.45) is 1.63. The summed E-state index contributed by atoms with van der Waals surface area (Å²) in [5, 5.41) is 0. The highest BCUT2D eigenvalue weighted by Crippen LogP contribution is 2.29. The Morgan fingerprint density at radius 1 is 1.13 bits per heavy atom. The molecule has 0 aliphatic carbocycles. The monoisotopic (exact) mass is 330 g/mol. The maximum atomic E-state index is 10.6. The van der Waals surface area contributed by atoms with Gasteiger partial charge < -0.3 is 18.7 Å². The van der Waals surface area contributed by atoms with E-state index in [2.05, 4.69) is 14.7 Å². The summed E-state index contributed by atoms with van der Waals surface area (Å²) in [7, 11) is 1.54. The van der Waals surface area contributed by atoms with Gasteiger partial charge in [0.25, 0.3) is 0 Å². The number of hydrogen-bond donors (Lipinski definition) is 1. The lowest BCUT2D eigenvalue weighted by atomic mass is 10.3. The van der Waals surface area contributed by atoms with Crippen LogP contribution in [0, 0.1) is 0 Å². The molecule has 1 unspecified atom stereocenters. The second-order valence-electron chi connectivity index (χ2n) is 4.49. The maximum absolute atomic E-state index is 10.6. The van der Waals surface area contributed by atoms with Gasteiger partial charge in [-0.2, -0.15) is 0 Å². The molecule has 1 aromatic carbocycles. The summed E-state index contributed by atoms with van der Waals surface area (Å²) >= 11 is -2.36. The van der Waals surface area contributed by atoms with Crippen LogP contribution in [-0.2, 0) is 11.3 Å². The first-order valence-corrected chi connectivity index (χ1v) is 7.67. The standard InChI is InChI=1S/C15H13N3O4S/c1-21-14-7-6-12-15(17-14)13(8-9-16-12)22-11-4-2-10(3-5-11)18-23(19)20/h2-9,18H,1H3,(H,19,20)/p-1. The molecule has 118 valence electrons. The molecule has 23 heavy (non-hydrogen) atoms. The van der Waals surface area contributed by atoms with Gasteiger partial charge in [0.15, 0.2) is 5.75 Å². The fraction of sp³-hybridized carbons (Fsp3) is 0.0667. The Bertz CT molecular complexity index is 855. The minimum absolute atomic E-state index is 0.449. The predicted molar refractivity (Wildman–Crippen MR) is 85.1 cm³/mol. The van der Waals surface area contributed by atoms with Gasteiger partial charge in [-0.25, -0.2) is 4.98 Å². The molecule has 3 aromatic rings. The van der Waals surface area contributed by atoms with Gasteiger partial charge in [0.2, 0.25) is 5.88 Å². The molecule has 2 heterocycles. The van der Waals surface area contributed by atoms with Crippen LogP contribution in [0.3, 0.4) is 0 Å². The van der Waals surface area contributed by atoms with Gasteiger partial charge >= 0.3 is 0 Å². The number of anilines is 1. The first-order chi connectivity index (χ1) is 11.2. The number of nitrogens with one attached hydrogen (secondary N) is 1. The zero-order valence-corrected chi connectivity index (χ0v) is 12.9. The highest BCUT2D eigenvalue weighted by molar-refractivity contribution is 7.80. The number of hydrogen-bond acceptors (Lipinski definition) is 6. The molecule has 0 radical (unpaired) electrons. The van der Waals surface area contributed by atoms with E-state index < -0.39 is 11.3 Å². The van der Waals surface area contributed by atoms with Gasteiger partial charge in [0.1, 0.15) is 11.3 Å². The molecule has 2 aromatic heterocycles. The van der Waals surface area contributed by atoms with Gasteiger partial charge in [0, 0.05) is 35.3 Å². The van der Waals surface area contributed by atoms with E-state index in [4.69, 9.17) is 9.47 Å². The van der Waals surface area contributed by atoms with Gasteiger partial charge in [-0.05, 0) is 30.3 Å². The first kappa shape index (κ1) is 15.2. The van der Waals surface area contributed by atoms with Crippen molar-refractivity contribution in [3.05, 3.63) is 48.7 Å². The highest BCUT2D eigenvalue weighted by Gasteiger charge is 2.07. The molecule has 1 atom stereocenters. The molecule has 0 aliphatic heterocycles. The third-order valence-electron chi connectivity index (χ3n) is 3.01. The van der Waals surface area contributed by atoms with Crippen LogP contribution in [0.15, 0.2) is 48.7 Å². The summed E-state index contributed by atoms with van der Waals surface area (Å²) in [5.74, 6) is 1.54. The summed E-state index contributed by atoms with van der Waals surface area (Å²) in [6.45, 7) is 0. The zero-order chi connectivity index (χ0) is 16.2. The van der Waals surface area contributed by atoms with E-state index in [9.17, 15) is 8.76 Å². The van der Waals surface area contributed by atoms with Crippen molar-refractivity contribution in [2.24, 2.45) is 0 Å². The van der Waals surface area contributed by atoms with Crippen molar-refractivity contribution in [3.8, 4) is 17.4 Å². The second kappa shape index (κ2) is 6.59. The second-order valence-corrected chi connectivity index (χ2v) is 5.17. The van der Waals surface area contributed by atoms with Gasteiger partial charge in [-0.1, -0.05) is 0 Å². The van der Waals surface area contributed by atoms with E-state index in [-0.39, 0.29) is 0 Å². The number of rotatable bonds is 5. The first-order valence-electron chi connectivity index (χ1n) is 6.59.